The molecule has 0 heterocycles. The van der Waals surface area contributed by atoms with E-state index in [1.165, 1.54) is 10.6 Å². The van der Waals surface area contributed by atoms with Gasteiger partial charge in [-0.25, -0.2) is 0 Å². The lowest BCUT2D eigenvalue weighted by Gasteiger charge is -2.29. The lowest BCUT2D eigenvalue weighted by atomic mass is 9.73. The molecule has 2 aliphatic rings. The van der Waals surface area contributed by atoms with Crippen LogP contribution in [0.25, 0.3) is 27.6 Å². The Kier molecular flexibility index (Phi) is 2.22. The highest BCUT2D eigenvalue weighted by molar-refractivity contribution is 6.47. The first kappa shape index (κ1) is 12.1. The smallest absolute Gasteiger partial charge is 0.229 e. The van der Waals surface area contributed by atoms with E-state index in [2.05, 4.69) is 30.3 Å². The highest BCUT2D eigenvalue weighted by atomic mass is 16.2. The third-order valence-corrected chi connectivity index (χ3v) is 5.21. The highest BCUT2D eigenvalue weighted by Gasteiger charge is 2.35. The number of ketones is 2. The molecule has 5 rings (SSSR count). The van der Waals surface area contributed by atoms with Gasteiger partial charge in [0.15, 0.2) is 0 Å². The van der Waals surface area contributed by atoms with E-state index in [9.17, 15) is 9.59 Å². The molecule has 0 radical (unpaired) electrons. The molecule has 1 atom stereocenters. The van der Waals surface area contributed by atoms with Gasteiger partial charge in [0.1, 0.15) is 0 Å². The molecular weight excluding hydrogens is 272 g/mol. The van der Waals surface area contributed by atoms with Gasteiger partial charge in [-0.15, -0.1) is 0 Å². The van der Waals surface area contributed by atoms with Crippen LogP contribution in [0.4, 0.5) is 0 Å². The molecule has 3 aromatic rings. The topological polar surface area (TPSA) is 34.1 Å². The summed E-state index contributed by atoms with van der Waals surface area (Å²) < 4.78 is 0. The maximum Gasteiger partial charge on any atom is 0.229 e. The Balaban J connectivity index is 2.14. The number of benzene rings is 3. The summed E-state index contributed by atoms with van der Waals surface area (Å²) in [6.45, 7) is 0. The SMILES string of the molecule is O=C1CC2CCC=c3c2c(c2cccc4cccc3c42)C1=O. The predicted octanol–water partition coefficient (Wildman–Crippen LogP) is 3.53. The average Bonchev–Trinajstić information content (AvgIpc) is 2.55. The number of hydrogen-bond acceptors (Lipinski definition) is 2. The van der Waals surface area contributed by atoms with Crippen molar-refractivity contribution in [3.05, 3.63) is 52.7 Å². The molecule has 1 unspecified atom stereocenters. The molecule has 0 amide bonds. The van der Waals surface area contributed by atoms with Crippen molar-refractivity contribution >= 4 is 39.2 Å². The van der Waals surface area contributed by atoms with Crippen molar-refractivity contribution in [2.75, 3.05) is 0 Å². The average molecular weight is 286 g/mol. The molecule has 22 heavy (non-hydrogen) atoms. The number of carbonyl (C=O) groups is 2. The Morgan fingerprint density at radius 3 is 2.55 bits per heavy atom. The van der Waals surface area contributed by atoms with Gasteiger partial charge in [-0.2, -0.15) is 0 Å². The molecule has 0 fully saturated rings. The number of rotatable bonds is 0. The standard InChI is InChI=1S/C20H14O2/c21-16-10-12-6-3-8-14-13-7-1-4-11-5-2-9-15(17(11)13)19(18(12)14)20(16)22/h1-2,4-5,7-9,12H,3,6,10H2. The molecule has 106 valence electrons. The molecule has 0 N–H and O–H groups in total. The third-order valence-electron chi connectivity index (χ3n) is 5.21. The zero-order valence-electron chi connectivity index (χ0n) is 12.1. The molecule has 3 aromatic carbocycles. The molecule has 0 aromatic heterocycles. The first-order valence-electron chi connectivity index (χ1n) is 7.80. The van der Waals surface area contributed by atoms with E-state index in [-0.39, 0.29) is 17.5 Å². The number of hydrogen-bond donors (Lipinski definition) is 0. The maximum atomic E-state index is 12.6. The Morgan fingerprint density at radius 1 is 0.955 bits per heavy atom. The van der Waals surface area contributed by atoms with Gasteiger partial charge in [0.25, 0.3) is 0 Å². The van der Waals surface area contributed by atoms with Crippen LogP contribution in [-0.4, -0.2) is 11.6 Å². The van der Waals surface area contributed by atoms with E-state index in [4.69, 9.17) is 0 Å². The molecule has 0 bridgehead atoms. The summed E-state index contributed by atoms with van der Waals surface area (Å²) >= 11 is 0. The summed E-state index contributed by atoms with van der Waals surface area (Å²) in [6.07, 6.45) is 4.59. The molecule has 0 spiro atoms. The summed E-state index contributed by atoms with van der Waals surface area (Å²) in [4.78, 5) is 24.8. The Morgan fingerprint density at radius 2 is 1.73 bits per heavy atom. The zero-order valence-corrected chi connectivity index (χ0v) is 12.1. The predicted molar refractivity (Wildman–Crippen MR) is 87.1 cm³/mol. The van der Waals surface area contributed by atoms with Crippen LogP contribution >= 0.6 is 0 Å². The Labute approximate surface area is 127 Å². The Bertz CT molecular complexity index is 1040. The van der Waals surface area contributed by atoms with E-state index in [1.54, 1.807) is 0 Å². The van der Waals surface area contributed by atoms with Gasteiger partial charge in [-0.1, -0.05) is 42.5 Å². The van der Waals surface area contributed by atoms with E-state index < -0.39 is 0 Å². The summed E-state index contributed by atoms with van der Waals surface area (Å²) in [7, 11) is 0. The fourth-order valence-electron chi connectivity index (χ4n) is 4.32. The second kappa shape index (κ2) is 4.04. The van der Waals surface area contributed by atoms with Crippen molar-refractivity contribution in [3.8, 4) is 0 Å². The van der Waals surface area contributed by atoms with Gasteiger partial charge in [0, 0.05) is 12.0 Å². The highest BCUT2D eigenvalue weighted by Crippen LogP contribution is 2.39. The Hall–Kier alpha value is -2.48. The minimum absolute atomic E-state index is 0.212. The van der Waals surface area contributed by atoms with Crippen molar-refractivity contribution in [2.24, 2.45) is 0 Å². The van der Waals surface area contributed by atoms with Gasteiger partial charge in [-0.3, -0.25) is 9.59 Å². The summed E-state index contributed by atoms with van der Waals surface area (Å²) in [6, 6.07) is 12.3. The van der Waals surface area contributed by atoms with E-state index in [0.717, 1.165) is 34.6 Å². The van der Waals surface area contributed by atoms with E-state index in [1.807, 2.05) is 12.1 Å². The lowest BCUT2D eigenvalue weighted by molar-refractivity contribution is -0.115. The van der Waals surface area contributed by atoms with E-state index >= 15 is 0 Å². The van der Waals surface area contributed by atoms with Gasteiger partial charge < -0.3 is 0 Å². The third kappa shape index (κ3) is 1.35. The first-order chi connectivity index (χ1) is 10.8. The molecule has 0 aliphatic heterocycles. The minimum atomic E-state index is -0.291. The van der Waals surface area contributed by atoms with Crippen LogP contribution in [0.15, 0.2) is 36.4 Å². The van der Waals surface area contributed by atoms with Crippen molar-refractivity contribution in [3.63, 3.8) is 0 Å². The van der Waals surface area contributed by atoms with Gasteiger partial charge in [0.2, 0.25) is 11.6 Å². The largest absolute Gasteiger partial charge is 0.290 e. The van der Waals surface area contributed by atoms with Crippen molar-refractivity contribution < 1.29 is 9.59 Å². The maximum absolute atomic E-state index is 12.6. The van der Waals surface area contributed by atoms with Gasteiger partial charge in [-0.05, 0) is 51.1 Å². The van der Waals surface area contributed by atoms with Crippen LogP contribution in [-0.2, 0) is 4.79 Å². The summed E-state index contributed by atoms with van der Waals surface area (Å²) in [5, 5.41) is 5.62. The molecule has 2 nitrogen and oxygen atoms in total. The lowest BCUT2D eigenvalue weighted by Crippen LogP contribution is -2.33. The monoisotopic (exact) mass is 286 g/mol. The number of Topliss-reactive ketones (excluding diaryl/α,β-unsaturated/α-hetero) is 2. The van der Waals surface area contributed by atoms with Gasteiger partial charge in [0.05, 0.1) is 0 Å². The molecule has 2 aliphatic carbocycles. The van der Waals surface area contributed by atoms with Crippen molar-refractivity contribution in [1.29, 1.82) is 0 Å². The second-order valence-corrected chi connectivity index (χ2v) is 6.35. The van der Waals surface area contributed by atoms with Crippen LogP contribution in [0.5, 0.6) is 0 Å². The first-order valence-corrected chi connectivity index (χ1v) is 7.80. The zero-order chi connectivity index (χ0) is 14.8. The normalized spacial score (nSPS) is 20.3. The quantitative estimate of drug-likeness (QED) is 0.592. The van der Waals surface area contributed by atoms with Gasteiger partial charge >= 0.3 is 0 Å². The summed E-state index contributed by atoms with van der Waals surface area (Å²) in [5.74, 6) is -0.300. The molecule has 2 heteroatoms. The van der Waals surface area contributed by atoms with Crippen molar-refractivity contribution in [2.45, 2.75) is 25.2 Å². The van der Waals surface area contributed by atoms with Crippen LogP contribution in [0.2, 0.25) is 0 Å². The number of carbonyl (C=O) groups excluding carboxylic acids is 2. The van der Waals surface area contributed by atoms with Crippen LogP contribution < -0.4 is 5.22 Å². The summed E-state index contributed by atoms with van der Waals surface area (Å²) in [5.41, 5.74) is 1.80. The fraction of sp³-hybridized carbons (Fsp3) is 0.200. The molecule has 0 saturated carbocycles. The molecule has 0 saturated heterocycles. The van der Waals surface area contributed by atoms with Crippen molar-refractivity contribution in [1.82, 2.24) is 0 Å². The number of fused-ring (bicyclic) bond motifs is 2. The van der Waals surface area contributed by atoms with E-state index in [0.29, 0.717) is 12.0 Å². The minimum Gasteiger partial charge on any atom is -0.290 e. The molecular formula is C20H14O2. The second-order valence-electron chi connectivity index (χ2n) is 6.35. The van der Waals surface area contributed by atoms with Crippen LogP contribution in [0.1, 0.15) is 41.1 Å². The van der Waals surface area contributed by atoms with Crippen LogP contribution in [0.3, 0.4) is 0 Å². The fourth-order valence-corrected chi connectivity index (χ4v) is 4.32. The van der Waals surface area contributed by atoms with Crippen LogP contribution in [0, 0.1) is 0 Å².